The number of rotatable bonds is 3. The number of benzene rings is 2. The minimum Gasteiger partial charge on any atom is -0.494 e. The third kappa shape index (κ3) is 3.72. The van der Waals surface area contributed by atoms with Gasteiger partial charge in [0.05, 0.1) is 27.7 Å². The van der Waals surface area contributed by atoms with Crippen LogP contribution in [0.1, 0.15) is 11.1 Å². The molecule has 5 heteroatoms. The van der Waals surface area contributed by atoms with Gasteiger partial charge < -0.3 is 4.74 Å². The highest BCUT2D eigenvalue weighted by molar-refractivity contribution is 9.11. The molecule has 0 aliphatic carbocycles. The van der Waals surface area contributed by atoms with Gasteiger partial charge in [-0.15, -0.1) is 0 Å². The Morgan fingerprint density at radius 1 is 1.24 bits per heavy atom. The van der Waals surface area contributed by atoms with Crippen LogP contribution in [-0.4, -0.2) is 7.11 Å². The van der Waals surface area contributed by atoms with Crippen molar-refractivity contribution in [3.8, 4) is 11.8 Å². The van der Waals surface area contributed by atoms with Crippen LogP contribution >= 0.6 is 31.9 Å². The number of hydrogen-bond donors (Lipinski definition) is 0. The van der Waals surface area contributed by atoms with Gasteiger partial charge in [-0.2, -0.15) is 5.26 Å². The topological polar surface area (TPSA) is 33.0 Å². The molecule has 2 aromatic carbocycles. The first-order chi connectivity index (χ1) is 10.0. The lowest BCUT2D eigenvalue weighted by Crippen LogP contribution is -1.88. The third-order valence-electron chi connectivity index (χ3n) is 2.79. The maximum Gasteiger partial charge on any atom is 0.147 e. The molecule has 0 radical (unpaired) electrons. The number of methoxy groups -OCH3 is 1. The van der Waals surface area contributed by atoms with Crippen molar-refractivity contribution in [2.45, 2.75) is 0 Å². The summed E-state index contributed by atoms with van der Waals surface area (Å²) in [6.45, 7) is 0. The Balaban J connectivity index is 2.49. The zero-order valence-corrected chi connectivity index (χ0v) is 14.2. The van der Waals surface area contributed by atoms with Crippen molar-refractivity contribution in [3.05, 3.63) is 62.3 Å². The molecule has 2 rings (SSSR count). The first-order valence-corrected chi connectivity index (χ1v) is 7.54. The van der Waals surface area contributed by atoms with Crippen molar-refractivity contribution in [1.82, 2.24) is 0 Å². The average Bonchev–Trinajstić information content (AvgIpc) is 2.44. The molecule has 0 aliphatic heterocycles. The van der Waals surface area contributed by atoms with Crippen molar-refractivity contribution < 1.29 is 9.13 Å². The Bertz CT molecular complexity index is 727. The molecule has 0 heterocycles. The molecule has 0 atom stereocenters. The molecule has 0 fully saturated rings. The lowest BCUT2D eigenvalue weighted by atomic mass is 10.0. The molecule has 0 N–H and O–H groups in total. The molecule has 0 amide bonds. The number of allylic oxidation sites excluding steroid dienone is 1. The Morgan fingerprint density at radius 2 is 1.90 bits per heavy atom. The van der Waals surface area contributed by atoms with Crippen molar-refractivity contribution in [3.63, 3.8) is 0 Å². The molecule has 0 saturated heterocycles. The van der Waals surface area contributed by atoms with Gasteiger partial charge in [0.1, 0.15) is 11.6 Å². The highest BCUT2D eigenvalue weighted by Crippen LogP contribution is 2.35. The monoisotopic (exact) mass is 409 g/mol. The number of nitrogens with zero attached hydrogens (tertiary/aromatic N) is 1. The molecular weight excluding hydrogens is 401 g/mol. The second kappa shape index (κ2) is 6.88. The molecule has 0 aromatic heterocycles. The van der Waals surface area contributed by atoms with E-state index >= 15 is 0 Å². The predicted molar refractivity (Wildman–Crippen MR) is 88.3 cm³/mol. The second-order valence-electron chi connectivity index (χ2n) is 4.20. The fourth-order valence-corrected chi connectivity index (χ4v) is 3.41. The van der Waals surface area contributed by atoms with Crippen LogP contribution in [0.2, 0.25) is 0 Å². The fraction of sp³-hybridized carbons (Fsp3) is 0.0625. The zero-order chi connectivity index (χ0) is 15.4. The number of hydrogen-bond acceptors (Lipinski definition) is 2. The first kappa shape index (κ1) is 15.7. The van der Waals surface area contributed by atoms with Crippen LogP contribution in [0, 0.1) is 17.1 Å². The molecule has 0 bridgehead atoms. The predicted octanol–water partition coefficient (Wildman–Crippen LogP) is 5.42. The van der Waals surface area contributed by atoms with Gasteiger partial charge in [-0.05, 0) is 73.3 Å². The van der Waals surface area contributed by atoms with Gasteiger partial charge in [-0.25, -0.2) is 4.39 Å². The number of nitriles is 1. The summed E-state index contributed by atoms with van der Waals surface area (Å²) in [4.78, 5) is 0. The lowest BCUT2D eigenvalue weighted by molar-refractivity contribution is 0.409. The number of halogens is 3. The van der Waals surface area contributed by atoms with Gasteiger partial charge in [0, 0.05) is 0 Å². The highest BCUT2D eigenvalue weighted by atomic mass is 79.9. The van der Waals surface area contributed by atoms with Crippen LogP contribution in [0.4, 0.5) is 4.39 Å². The van der Waals surface area contributed by atoms with E-state index in [0.29, 0.717) is 16.9 Å². The maximum atomic E-state index is 13.3. The normalized spacial score (nSPS) is 11.1. The molecule has 2 nitrogen and oxygen atoms in total. The Labute approximate surface area is 139 Å². The van der Waals surface area contributed by atoms with Crippen LogP contribution in [0.25, 0.3) is 11.6 Å². The highest BCUT2D eigenvalue weighted by Gasteiger charge is 2.08. The van der Waals surface area contributed by atoms with Crippen LogP contribution in [0.15, 0.2) is 45.3 Å². The SMILES string of the molecule is COc1c(Br)cc(/C=C(/C#N)c2cccc(F)c2)cc1Br. The molecule has 0 spiro atoms. The second-order valence-corrected chi connectivity index (χ2v) is 5.91. The van der Waals surface area contributed by atoms with Crippen molar-refractivity contribution in [1.29, 1.82) is 5.26 Å². The van der Waals surface area contributed by atoms with E-state index in [0.717, 1.165) is 14.5 Å². The summed E-state index contributed by atoms with van der Waals surface area (Å²) in [5, 5.41) is 9.28. The van der Waals surface area contributed by atoms with Crippen molar-refractivity contribution >= 4 is 43.5 Å². The van der Waals surface area contributed by atoms with Crippen LogP contribution < -0.4 is 4.74 Å². The van der Waals surface area contributed by atoms with Crippen LogP contribution in [0.3, 0.4) is 0 Å². The Morgan fingerprint density at radius 3 is 2.43 bits per heavy atom. The maximum absolute atomic E-state index is 13.3. The van der Waals surface area contributed by atoms with Gasteiger partial charge in [0.15, 0.2) is 0 Å². The molecule has 106 valence electrons. The molecule has 0 unspecified atom stereocenters. The van der Waals surface area contributed by atoms with E-state index in [-0.39, 0.29) is 5.82 Å². The molecule has 0 aliphatic rings. The minimum atomic E-state index is -0.370. The summed E-state index contributed by atoms with van der Waals surface area (Å²) in [6, 6.07) is 11.7. The average molecular weight is 411 g/mol. The van der Waals surface area contributed by atoms with Gasteiger partial charge >= 0.3 is 0 Å². The van der Waals surface area contributed by atoms with E-state index in [4.69, 9.17) is 4.74 Å². The quantitative estimate of drug-likeness (QED) is 0.499. The van der Waals surface area contributed by atoms with E-state index in [1.807, 2.05) is 12.1 Å². The summed E-state index contributed by atoms with van der Waals surface area (Å²) < 4.78 is 20.0. The van der Waals surface area contributed by atoms with E-state index in [1.165, 1.54) is 12.1 Å². The summed E-state index contributed by atoms with van der Waals surface area (Å²) in [5.74, 6) is 0.308. The molecular formula is C16H10Br2FNO. The first-order valence-electron chi connectivity index (χ1n) is 5.96. The van der Waals surface area contributed by atoms with Crippen molar-refractivity contribution in [2.75, 3.05) is 7.11 Å². The van der Waals surface area contributed by atoms with E-state index < -0.39 is 0 Å². The third-order valence-corrected chi connectivity index (χ3v) is 3.97. The molecule has 0 saturated carbocycles. The van der Waals surface area contributed by atoms with Crippen LogP contribution in [-0.2, 0) is 0 Å². The summed E-state index contributed by atoms with van der Waals surface area (Å²) in [5.41, 5.74) is 1.73. The molecule has 2 aromatic rings. The zero-order valence-electron chi connectivity index (χ0n) is 11.0. The lowest BCUT2D eigenvalue weighted by Gasteiger charge is -2.07. The van der Waals surface area contributed by atoms with Gasteiger partial charge in [0.25, 0.3) is 0 Å². The number of ether oxygens (including phenoxy) is 1. The van der Waals surface area contributed by atoms with Gasteiger partial charge in [-0.1, -0.05) is 12.1 Å². The summed E-state index contributed by atoms with van der Waals surface area (Å²) in [6.07, 6.45) is 1.70. The van der Waals surface area contributed by atoms with Crippen LogP contribution in [0.5, 0.6) is 5.75 Å². The summed E-state index contributed by atoms with van der Waals surface area (Å²) >= 11 is 6.82. The fourth-order valence-electron chi connectivity index (χ4n) is 1.86. The summed E-state index contributed by atoms with van der Waals surface area (Å²) in [7, 11) is 1.58. The Kier molecular flexibility index (Phi) is 5.16. The van der Waals surface area contributed by atoms with E-state index in [1.54, 1.807) is 25.3 Å². The molecule has 21 heavy (non-hydrogen) atoms. The largest absolute Gasteiger partial charge is 0.494 e. The minimum absolute atomic E-state index is 0.370. The van der Waals surface area contributed by atoms with Gasteiger partial charge in [-0.3, -0.25) is 0 Å². The standard InChI is InChI=1S/C16H10Br2FNO/c1-21-16-14(17)6-10(7-15(16)18)5-12(9-20)11-3-2-4-13(19)8-11/h2-8H,1H3/b12-5-. The van der Waals surface area contributed by atoms with E-state index in [2.05, 4.69) is 37.9 Å². The van der Waals surface area contributed by atoms with Gasteiger partial charge in [0.2, 0.25) is 0 Å². The van der Waals surface area contributed by atoms with Crippen molar-refractivity contribution in [2.24, 2.45) is 0 Å². The Hall–Kier alpha value is -1.64. The smallest absolute Gasteiger partial charge is 0.147 e. The van der Waals surface area contributed by atoms with E-state index in [9.17, 15) is 9.65 Å².